The van der Waals surface area contributed by atoms with Crippen LogP contribution < -0.4 is 0 Å². The zero-order valence-electron chi connectivity index (χ0n) is 14.7. The Morgan fingerprint density at radius 1 is 0.923 bits per heavy atom. The van der Waals surface area contributed by atoms with Gasteiger partial charge in [-0.25, -0.2) is 9.59 Å². The van der Waals surface area contributed by atoms with Gasteiger partial charge in [-0.15, -0.1) is 0 Å². The van der Waals surface area contributed by atoms with Crippen molar-refractivity contribution in [3.63, 3.8) is 0 Å². The van der Waals surface area contributed by atoms with Crippen molar-refractivity contribution in [1.29, 1.82) is 0 Å². The summed E-state index contributed by atoms with van der Waals surface area (Å²) < 4.78 is 0.578. The van der Waals surface area contributed by atoms with Gasteiger partial charge >= 0.3 is 61.6 Å². The Bertz CT molecular complexity index is 505. The van der Waals surface area contributed by atoms with Gasteiger partial charge in [0.2, 0.25) is 5.60 Å². The van der Waals surface area contributed by atoms with Gasteiger partial charge in [0.1, 0.15) is 12.6 Å². The van der Waals surface area contributed by atoms with Crippen LogP contribution in [0.25, 0.3) is 0 Å². The van der Waals surface area contributed by atoms with Gasteiger partial charge < -0.3 is 40.2 Å². The largest absolute Gasteiger partial charge is 2.00 e. The molecule has 0 aromatic heterocycles. The van der Waals surface area contributed by atoms with Gasteiger partial charge in [-0.3, -0.25) is 9.59 Å². The molecule has 0 spiro atoms. The summed E-state index contributed by atoms with van der Waals surface area (Å²) in [6, 6.07) is 0. The Morgan fingerprint density at radius 2 is 1.35 bits per heavy atom. The number of quaternary nitrogens is 1. The average Bonchev–Trinajstić information content (AvgIpc) is 2.33. The Morgan fingerprint density at radius 3 is 1.58 bits per heavy atom. The van der Waals surface area contributed by atoms with E-state index in [2.05, 4.69) is 0 Å². The minimum absolute atomic E-state index is 0. The van der Waals surface area contributed by atoms with Crippen LogP contribution in [0.15, 0.2) is 0 Å². The van der Waals surface area contributed by atoms with Crippen molar-refractivity contribution >= 4 is 61.6 Å². The molecule has 0 heterocycles. The van der Waals surface area contributed by atoms with Crippen molar-refractivity contribution in [1.82, 2.24) is 0 Å². The molecule has 0 aliphatic heterocycles. The Labute approximate surface area is 178 Å². The first-order chi connectivity index (χ1) is 11.0. The minimum Gasteiger partial charge on any atom is -0.481 e. The molecule has 0 saturated heterocycles. The monoisotopic (exact) mass is 410 g/mol. The first-order valence-electron chi connectivity index (χ1n) is 6.81. The second kappa shape index (κ2) is 12.4. The SMILES string of the molecule is C[N+](C)(C)CC(O)CC(=O)O.O=C(O)CC(O)(C(=O)O)C(O)C(=O)O.[Ca+2]. The molecule has 0 aromatic carbocycles. The standard InChI is InChI=1S/C7H15NO3.C6H8O8.Ca/c1-8(2,3)5-6(9)4-7(10)11;7-2(8)1-6(14,5(12)13)3(9)4(10)11;/h6,9H,4-5H2,1-3H3;3,9,14H,1H2,(H,7,8)(H,10,11)(H,12,13);/q;;+2/p+1. The summed E-state index contributed by atoms with van der Waals surface area (Å²) in [7, 11) is 5.72. The van der Waals surface area contributed by atoms with Crippen LogP contribution in [0, 0.1) is 0 Å². The first kappa shape index (κ1) is 29.7. The fourth-order valence-corrected chi connectivity index (χ4v) is 1.62. The van der Waals surface area contributed by atoms with Crippen LogP contribution >= 0.6 is 0 Å². The number of nitrogens with zero attached hydrogens (tertiary/aromatic N) is 1. The van der Waals surface area contributed by atoms with Crippen LogP contribution in [-0.2, 0) is 19.2 Å². The number of aliphatic hydroxyl groups is 3. The Balaban J connectivity index is -0.000000402. The fourth-order valence-electron chi connectivity index (χ4n) is 1.62. The maximum absolute atomic E-state index is 10.4. The third kappa shape index (κ3) is 13.2. The Kier molecular flexibility index (Phi) is 14.2. The second-order valence-corrected chi connectivity index (χ2v) is 6.27. The van der Waals surface area contributed by atoms with Crippen molar-refractivity contribution in [3.8, 4) is 0 Å². The molecule has 0 aromatic rings. The van der Waals surface area contributed by atoms with E-state index in [0.29, 0.717) is 11.0 Å². The number of carbonyl (C=O) groups is 4. The van der Waals surface area contributed by atoms with E-state index in [-0.39, 0.29) is 44.2 Å². The van der Waals surface area contributed by atoms with Crippen molar-refractivity contribution < 1.29 is 59.4 Å². The van der Waals surface area contributed by atoms with E-state index >= 15 is 0 Å². The van der Waals surface area contributed by atoms with E-state index < -0.39 is 48.1 Å². The van der Waals surface area contributed by atoms with Crippen LogP contribution in [-0.4, -0.2) is 147 Å². The zero-order chi connectivity index (χ0) is 20.6. The average molecular weight is 410 g/mol. The summed E-state index contributed by atoms with van der Waals surface area (Å²) in [5.74, 6) is -6.83. The molecule has 3 atom stereocenters. The van der Waals surface area contributed by atoms with E-state index in [1.54, 1.807) is 0 Å². The van der Waals surface area contributed by atoms with E-state index in [9.17, 15) is 19.2 Å². The molecule has 0 amide bonds. The molecular formula is C13H24CaNO11+3. The normalized spacial score (nSPS) is 15.2. The molecule has 0 saturated carbocycles. The van der Waals surface area contributed by atoms with Gasteiger partial charge in [-0.2, -0.15) is 0 Å². The molecule has 0 fully saturated rings. The van der Waals surface area contributed by atoms with E-state index in [4.69, 9.17) is 35.7 Å². The number of hydrogen-bond donors (Lipinski definition) is 7. The molecule has 0 aliphatic rings. The fraction of sp³-hybridized carbons (Fsp3) is 0.692. The van der Waals surface area contributed by atoms with E-state index in [1.165, 1.54) is 0 Å². The van der Waals surface area contributed by atoms with Gasteiger partial charge in [0, 0.05) is 0 Å². The molecule has 0 aliphatic carbocycles. The summed E-state index contributed by atoms with van der Waals surface area (Å²) in [5.41, 5.74) is -3.22. The topological polar surface area (TPSA) is 210 Å². The maximum atomic E-state index is 10.4. The first-order valence-corrected chi connectivity index (χ1v) is 6.81. The molecule has 26 heavy (non-hydrogen) atoms. The third-order valence-electron chi connectivity index (χ3n) is 2.65. The molecule has 0 radical (unpaired) electrons. The Hall–Kier alpha value is -1.02. The summed E-state index contributed by atoms with van der Waals surface area (Å²) in [6.45, 7) is 0.465. The van der Waals surface area contributed by atoms with Crippen LogP contribution in [0.2, 0.25) is 0 Å². The van der Waals surface area contributed by atoms with Gasteiger partial charge in [-0.05, 0) is 0 Å². The second-order valence-electron chi connectivity index (χ2n) is 6.27. The predicted octanol–water partition coefficient (Wildman–Crippen LogP) is -3.13. The number of carboxylic acid groups (broad SMARTS) is 4. The van der Waals surface area contributed by atoms with Crippen LogP contribution in [0.1, 0.15) is 12.8 Å². The smallest absolute Gasteiger partial charge is 0.481 e. The zero-order valence-corrected chi connectivity index (χ0v) is 16.9. The third-order valence-corrected chi connectivity index (χ3v) is 2.65. The number of aliphatic carboxylic acids is 4. The molecule has 146 valence electrons. The molecule has 12 nitrogen and oxygen atoms in total. The summed E-state index contributed by atoms with van der Waals surface area (Å²) >= 11 is 0. The number of carboxylic acids is 4. The maximum Gasteiger partial charge on any atom is 2.00 e. The molecular weight excluding hydrogens is 386 g/mol. The number of hydrogen-bond acceptors (Lipinski definition) is 7. The molecule has 0 bridgehead atoms. The van der Waals surface area contributed by atoms with Gasteiger partial charge in [0.25, 0.3) is 0 Å². The predicted molar refractivity (Wildman–Crippen MR) is 85.4 cm³/mol. The molecule has 7 N–H and O–H groups in total. The van der Waals surface area contributed by atoms with Crippen LogP contribution in [0.3, 0.4) is 0 Å². The van der Waals surface area contributed by atoms with Crippen LogP contribution in [0.4, 0.5) is 0 Å². The summed E-state index contributed by atoms with van der Waals surface area (Å²) in [5, 5.41) is 60.1. The van der Waals surface area contributed by atoms with Gasteiger partial charge in [0.15, 0.2) is 6.10 Å². The quantitative estimate of drug-likeness (QED) is 0.149. The number of rotatable bonds is 9. The van der Waals surface area contributed by atoms with Gasteiger partial charge in [0.05, 0.1) is 34.0 Å². The number of likely N-dealkylation sites (N-methyl/N-ethyl adjacent to an activating group) is 1. The number of aliphatic hydroxyl groups excluding tert-OH is 2. The van der Waals surface area contributed by atoms with Crippen LogP contribution in [0.5, 0.6) is 0 Å². The summed E-state index contributed by atoms with van der Waals surface area (Å²) in [4.78, 5) is 40.8. The van der Waals surface area contributed by atoms with Crippen molar-refractivity contribution in [2.75, 3.05) is 27.7 Å². The van der Waals surface area contributed by atoms with E-state index in [0.717, 1.165) is 0 Å². The van der Waals surface area contributed by atoms with Crippen molar-refractivity contribution in [2.24, 2.45) is 0 Å². The molecule has 3 unspecified atom stereocenters. The molecule has 13 heteroatoms. The van der Waals surface area contributed by atoms with Crippen molar-refractivity contribution in [3.05, 3.63) is 0 Å². The summed E-state index contributed by atoms with van der Waals surface area (Å²) in [6.07, 6.45) is -5.02. The van der Waals surface area contributed by atoms with Crippen molar-refractivity contribution in [2.45, 2.75) is 30.7 Å². The van der Waals surface area contributed by atoms with Gasteiger partial charge in [-0.1, -0.05) is 0 Å². The molecule has 0 rings (SSSR count). The minimum atomic E-state index is -3.22. The van der Waals surface area contributed by atoms with E-state index in [1.807, 2.05) is 21.1 Å².